The average Bonchev–Trinajstić information content (AvgIpc) is 2.50. The first-order valence-corrected chi connectivity index (χ1v) is 6.28. The van der Waals surface area contributed by atoms with Crippen LogP contribution in [0.25, 0.3) is 0 Å². The van der Waals surface area contributed by atoms with Gasteiger partial charge in [-0.3, -0.25) is 4.79 Å². The molecule has 126 valence electrons. The van der Waals surface area contributed by atoms with Crippen LogP contribution in [0.5, 0.6) is 0 Å². The summed E-state index contributed by atoms with van der Waals surface area (Å²) in [5.74, 6) is -5.15. The highest BCUT2D eigenvalue weighted by Gasteiger charge is 2.41. The molecular formula is C13H11ClF3NO5. The molecule has 0 saturated carbocycles. The Morgan fingerprint density at radius 2 is 2.04 bits per heavy atom. The lowest BCUT2D eigenvalue weighted by Crippen LogP contribution is -2.49. The van der Waals surface area contributed by atoms with Gasteiger partial charge in [-0.05, 0) is 18.2 Å². The Morgan fingerprint density at radius 3 is 2.57 bits per heavy atom. The van der Waals surface area contributed by atoms with Crippen LogP contribution in [-0.4, -0.2) is 43.8 Å². The van der Waals surface area contributed by atoms with Crippen LogP contribution in [0.3, 0.4) is 0 Å². The molecule has 0 aliphatic rings. The predicted octanol–water partition coefficient (Wildman–Crippen LogP) is 1.72. The number of nitrogens with one attached hydrogen (secondary N) is 1. The van der Waals surface area contributed by atoms with E-state index in [1.165, 1.54) is 24.3 Å². The summed E-state index contributed by atoms with van der Waals surface area (Å²) in [6.07, 6.45) is -5.34. The summed E-state index contributed by atoms with van der Waals surface area (Å²) in [6, 6.07) is 2.42. The number of alkyl halides is 3. The molecule has 0 spiro atoms. The standard InChI is InChI=1S/C13H11ClF3NO5/c1-22-11(20)9(18-12(21)13(15,16)17)6-23-10(19)7-3-2-4-8(14)5-7/h2-5,9H,6H2,1H3,(H,18,21)/t9-/m0/s1/i9D. The van der Waals surface area contributed by atoms with E-state index >= 15 is 0 Å². The maximum absolute atomic E-state index is 12.3. The Kier molecular flexibility index (Phi) is 5.80. The molecule has 0 bridgehead atoms. The molecule has 0 aliphatic heterocycles. The molecule has 0 aromatic heterocycles. The van der Waals surface area contributed by atoms with Crippen LogP contribution in [0.4, 0.5) is 13.2 Å². The first kappa shape index (κ1) is 17.1. The third-order valence-electron chi connectivity index (χ3n) is 2.36. The maximum atomic E-state index is 12.3. The van der Waals surface area contributed by atoms with Crippen molar-refractivity contribution in [1.82, 2.24) is 5.32 Å². The molecule has 0 radical (unpaired) electrons. The molecule has 0 aliphatic carbocycles. The lowest BCUT2D eigenvalue weighted by Gasteiger charge is -2.17. The van der Waals surface area contributed by atoms with Gasteiger partial charge in [0.2, 0.25) is 0 Å². The minimum absolute atomic E-state index is 0.0585. The number of esters is 2. The van der Waals surface area contributed by atoms with E-state index in [4.69, 9.17) is 13.0 Å². The zero-order valence-electron chi connectivity index (χ0n) is 12.6. The quantitative estimate of drug-likeness (QED) is 0.814. The molecule has 0 saturated heterocycles. The van der Waals surface area contributed by atoms with Gasteiger partial charge in [-0.1, -0.05) is 17.7 Å². The van der Waals surface area contributed by atoms with E-state index in [2.05, 4.69) is 9.47 Å². The Balaban J connectivity index is 2.88. The fourth-order valence-corrected chi connectivity index (χ4v) is 1.50. The molecule has 0 fully saturated rings. The van der Waals surface area contributed by atoms with E-state index in [1.54, 1.807) is 0 Å². The smallest absolute Gasteiger partial charge is 0.467 e. The number of halogens is 4. The van der Waals surface area contributed by atoms with Gasteiger partial charge in [0, 0.05) is 5.02 Å². The summed E-state index contributed by atoms with van der Waals surface area (Å²) in [5.41, 5.74) is -0.0585. The predicted molar refractivity (Wildman–Crippen MR) is 71.7 cm³/mol. The van der Waals surface area contributed by atoms with Gasteiger partial charge >= 0.3 is 24.0 Å². The van der Waals surface area contributed by atoms with Crippen LogP contribution < -0.4 is 5.32 Å². The molecule has 6 nitrogen and oxygen atoms in total. The Hall–Kier alpha value is -2.29. The number of hydrogen-bond acceptors (Lipinski definition) is 5. The lowest BCUT2D eigenvalue weighted by atomic mass is 10.2. The van der Waals surface area contributed by atoms with Gasteiger partial charge in [0.05, 0.1) is 14.0 Å². The number of carbonyl (C=O) groups excluding carboxylic acids is 3. The van der Waals surface area contributed by atoms with Crippen molar-refractivity contribution in [2.24, 2.45) is 0 Å². The van der Waals surface area contributed by atoms with Gasteiger partial charge in [-0.2, -0.15) is 13.2 Å². The summed E-state index contributed by atoms with van der Waals surface area (Å²) in [7, 11) is 0.796. The largest absolute Gasteiger partial charge is 0.471 e. The van der Waals surface area contributed by atoms with Crippen molar-refractivity contribution in [3.8, 4) is 0 Å². The SMILES string of the molecule is [2H][C@@](COC(=O)c1cccc(Cl)c1)(NC(=O)C(F)(F)F)C(=O)OC. The first-order chi connectivity index (χ1) is 11.0. The molecule has 10 heteroatoms. The number of amides is 1. The van der Waals surface area contributed by atoms with Crippen LogP contribution in [0.1, 0.15) is 11.7 Å². The lowest BCUT2D eigenvalue weighted by molar-refractivity contribution is -0.176. The van der Waals surface area contributed by atoms with E-state index < -0.39 is 36.6 Å². The number of carbonyl (C=O) groups is 3. The normalized spacial score (nSPS) is 14.2. The molecule has 1 aromatic carbocycles. The van der Waals surface area contributed by atoms with Gasteiger partial charge in [0.25, 0.3) is 0 Å². The molecule has 1 N–H and O–H groups in total. The molecule has 0 unspecified atom stereocenters. The third-order valence-corrected chi connectivity index (χ3v) is 2.60. The molecule has 1 aromatic rings. The summed E-state index contributed by atoms with van der Waals surface area (Å²) >= 11 is 5.67. The maximum Gasteiger partial charge on any atom is 0.471 e. The van der Waals surface area contributed by atoms with Crippen molar-refractivity contribution in [1.29, 1.82) is 0 Å². The van der Waals surface area contributed by atoms with E-state index in [0.717, 1.165) is 12.4 Å². The number of methoxy groups -OCH3 is 1. The fourth-order valence-electron chi connectivity index (χ4n) is 1.31. The van der Waals surface area contributed by atoms with E-state index in [1.807, 2.05) is 0 Å². The van der Waals surface area contributed by atoms with E-state index in [9.17, 15) is 27.6 Å². The van der Waals surface area contributed by atoms with E-state index in [-0.39, 0.29) is 10.6 Å². The Morgan fingerprint density at radius 1 is 1.39 bits per heavy atom. The summed E-state index contributed by atoms with van der Waals surface area (Å²) in [6.45, 7) is -1.20. The zero-order chi connectivity index (χ0) is 18.5. The van der Waals surface area contributed by atoms with Gasteiger partial charge < -0.3 is 14.8 Å². The van der Waals surface area contributed by atoms with Crippen molar-refractivity contribution in [3.05, 3.63) is 34.9 Å². The molecule has 1 rings (SSSR count). The van der Waals surface area contributed by atoms with Crippen molar-refractivity contribution in [2.45, 2.75) is 12.2 Å². The molecule has 1 amide bonds. The summed E-state index contributed by atoms with van der Waals surface area (Å²) < 4.78 is 53.3. The van der Waals surface area contributed by atoms with E-state index in [0.29, 0.717) is 0 Å². The van der Waals surface area contributed by atoms with Gasteiger partial charge in [-0.25, -0.2) is 9.59 Å². The monoisotopic (exact) mass is 354 g/mol. The number of rotatable bonds is 5. The number of ether oxygens (including phenoxy) is 2. The zero-order valence-corrected chi connectivity index (χ0v) is 12.3. The average molecular weight is 355 g/mol. The first-order valence-electron chi connectivity index (χ1n) is 6.40. The third kappa shape index (κ3) is 5.78. The van der Waals surface area contributed by atoms with Crippen molar-refractivity contribution in [3.63, 3.8) is 0 Å². The van der Waals surface area contributed by atoms with Crippen LogP contribution >= 0.6 is 11.6 Å². The highest BCUT2D eigenvalue weighted by Crippen LogP contribution is 2.15. The summed E-state index contributed by atoms with van der Waals surface area (Å²) in [5, 5.41) is 1.32. The van der Waals surface area contributed by atoms with Gasteiger partial charge in [-0.15, -0.1) is 0 Å². The molecule has 23 heavy (non-hydrogen) atoms. The van der Waals surface area contributed by atoms with Crippen LogP contribution in [0.2, 0.25) is 5.02 Å². The molecular weight excluding hydrogens is 343 g/mol. The topological polar surface area (TPSA) is 81.7 Å². The van der Waals surface area contributed by atoms with Gasteiger partial charge in [0.1, 0.15) is 6.61 Å². The molecule has 0 heterocycles. The second-order valence-electron chi connectivity index (χ2n) is 4.01. The molecule has 1 atom stereocenters. The highest BCUT2D eigenvalue weighted by atomic mass is 35.5. The minimum atomic E-state index is -5.34. The summed E-state index contributed by atoms with van der Waals surface area (Å²) in [4.78, 5) is 34.2. The minimum Gasteiger partial charge on any atom is -0.467 e. The highest BCUT2D eigenvalue weighted by molar-refractivity contribution is 6.30. The van der Waals surface area contributed by atoms with Crippen LogP contribution in [0.15, 0.2) is 24.3 Å². The second kappa shape index (κ2) is 7.82. The second-order valence-corrected chi connectivity index (χ2v) is 4.44. The van der Waals surface area contributed by atoms with Crippen molar-refractivity contribution in [2.75, 3.05) is 13.7 Å². The van der Waals surface area contributed by atoms with Crippen molar-refractivity contribution >= 4 is 29.4 Å². The Bertz CT molecular complexity index is 655. The van der Waals surface area contributed by atoms with Crippen LogP contribution in [-0.2, 0) is 19.1 Å². The number of benzene rings is 1. The Labute approximate surface area is 134 Å². The fraction of sp³-hybridized carbons (Fsp3) is 0.308. The van der Waals surface area contributed by atoms with Gasteiger partial charge in [0.15, 0.2) is 6.02 Å². The van der Waals surface area contributed by atoms with Crippen LogP contribution in [0, 0.1) is 0 Å². The van der Waals surface area contributed by atoms with Crippen molar-refractivity contribution < 1.29 is 38.4 Å². The number of hydrogen-bond donors (Lipinski definition) is 1.